The number of amides is 2. The van der Waals surface area contributed by atoms with E-state index in [1.165, 1.54) is 0 Å². The highest BCUT2D eigenvalue weighted by atomic mass is 16.6. The van der Waals surface area contributed by atoms with Gasteiger partial charge in [-0.15, -0.1) is 0 Å². The molecule has 0 spiro atoms. The molecule has 1 fully saturated rings. The summed E-state index contributed by atoms with van der Waals surface area (Å²) in [5.74, 6) is -2.00. The Bertz CT molecular complexity index is 645. The molecule has 1 aromatic rings. The molecule has 6 heteroatoms. The lowest BCUT2D eigenvalue weighted by Crippen LogP contribution is -2.42. The van der Waals surface area contributed by atoms with E-state index in [4.69, 9.17) is 4.74 Å². The van der Waals surface area contributed by atoms with Crippen LogP contribution in [0.2, 0.25) is 0 Å². The van der Waals surface area contributed by atoms with E-state index in [2.05, 4.69) is 6.92 Å². The van der Waals surface area contributed by atoms with Crippen molar-refractivity contribution in [3.8, 4) is 0 Å². The lowest BCUT2D eigenvalue weighted by Gasteiger charge is -2.25. The van der Waals surface area contributed by atoms with Gasteiger partial charge in [0, 0.05) is 5.92 Å². The molecule has 1 N–H and O–H groups in total. The van der Waals surface area contributed by atoms with Gasteiger partial charge in [0.05, 0.1) is 12.5 Å². The van der Waals surface area contributed by atoms with Crippen LogP contribution in [-0.2, 0) is 14.3 Å². The summed E-state index contributed by atoms with van der Waals surface area (Å²) < 4.78 is 5.42. The predicted octanol–water partition coefficient (Wildman–Crippen LogP) is 4.01. The second-order valence-corrected chi connectivity index (χ2v) is 7.09. The predicted molar refractivity (Wildman–Crippen MR) is 96.4 cm³/mol. The van der Waals surface area contributed by atoms with Crippen molar-refractivity contribution in [1.82, 2.24) is 4.90 Å². The van der Waals surface area contributed by atoms with Crippen LogP contribution in [0.1, 0.15) is 58.1 Å². The van der Waals surface area contributed by atoms with E-state index in [1.807, 2.05) is 37.3 Å². The van der Waals surface area contributed by atoms with Crippen LogP contribution in [0, 0.1) is 11.8 Å². The quantitative estimate of drug-likeness (QED) is 0.756. The molecular weight excluding hydrogens is 334 g/mol. The summed E-state index contributed by atoms with van der Waals surface area (Å²) in [5.41, 5.74) is 0.817. The number of carboxylic acid groups (broad SMARTS) is 1. The highest BCUT2D eigenvalue weighted by molar-refractivity contribution is 5.96. The zero-order valence-electron chi connectivity index (χ0n) is 15.6. The monoisotopic (exact) mass is 361 g/mol. The molecule has 6 nitrogen and oxygen atoms in total. The summed E-state index contributed by atoms with van der Waals surface area (Å²) in [6.45, 7) is 5.81. The minimum atomic E-state index is -1.04. The maximum atomic E-state index is 13.0. The molecule has 1 aliphatic heterocycles. The standard InChI is InChI=1S/C20H27NO5/c1-4-8-13(2)11-16(12-17(22)23)19(24)21-14(3)18(26-20(21)25)15-9-6-5-7-10-15/h5-7,9-10,13-14,16,18H,4,8,11-12H2,1-3H3,(H,22,23)/t13-,14+,16-,18+/m1/s1. The maximum Gasteiger partial charge on any atom is 0.417 e. The van der Waals surface area contributed by atoms with Crippen LogP contribution in [0.4, 0.5) is 4.79 Å². The fraction of sp³-hybridized carbons (Fsp3) is 0.550. The fourth-order valence-corrected chi connectivity index (χ4v) is 3.62. The molecular formula is C20H27NO5. The zero-order chi connectivity index (χ0) is 19.3. The van der Waals surface area contributed by atoms with Crippen LogP contribution < -0.4 is 0 Å². The summed E-state index contributed by atoms with van der Waals surface area (Å²) in [4.78, 5) is 37.7. The number of cyclic esters (lactones) is 1. The van der Waals surface area contributed by atoms with Crippen molar-refractivity contribution in [3.05, 3.63) is 35.9 Å². The Morgan fingerprint density at radius 2 is 1.92 bits per heavy atom. The third-order valence-electron chi connectivity index (χ3n) is 4.87. The summed E-state index contributed by atoms with van der Waals surface area (Å²) in [5, 5.41) is 9.19. The van der Waals surface area contributed by atoms with Crippen molar-refractivity contribution in [3.63, 3.8) is 0 Å². The van der Waals surface area contributed by atoms with E-state index in [-0.39, 0.29) is 12.3 Å². The maximum absolute atomic E-state index is 13.0. The first-order chi connectivity index (χ1) is 12.3. The van der Waals surface area contributed by atoms with Gasteiger partial charge in [-0.2, -0.15) is 0 Å². The van der Waals surface area contributed by atoms with Crippen LogP contribution in [0.15, 0.2) is 30.3 Å². The Morgan fingerprint density at radius 1 is 1.27 bits per heavy atom. The number of imide groups is 1. The fourth-order valence-electron chi connectivity index (χ4n) is 3.62. The average Bonchev–Trinajstić information content (AvgIpc) is 2.89. The minimum Gasteiger partial charge on any atom is -0.481 e. The molecule has 0 aromatic heterocycles. The van der Waals surface area contributed by atoms with Crippen molar-refractivity contribution >= 4 is 18.0 Å². The molecule has 1 aromatic carbocycles. The normalized spacial score (nSPS) is 22.0. The Labute approximate surface area is 154 Å². The zero-order valence-corrected chi connectivity index (χ0v) is 15.6. The Balaban J connectivity index is 2.18. The average molecular weight is 361 g/mol. The van der Waals surface area contributed by atoms with Crippen LogP contribution in [-0.4, -0.2) is 34.0 Å². The Hall–Kier alpha value is -2.37. The number of aliphatic carboxylic acids is 1. The Kier molecular flexibility index (Phi) is 6.77. The molecule has 2 rings (SSSR count). The second-order valence-electron chi connectivity index (χ2n) is 7.09. The van der Waals surface area contributed by atoms with E-state index in [0.29, 0.717) is 6.42 Å². The second kappa shape index (κ2) is 8.83. The number of carboxylic acids is 1. The van der Waals surface area contributed by atoms with Gasteiger partial charge in [0.25, 0.3) is 0 Å². The van der Waals surface area contributed by atoms with Crippen LogP contribution in [0.3, 0.4) is 0 Å². The molecule has 1 heterocycles. The van der Waals surface area contributed by atoms with E-state index >= 15 is 0 Å². The third-order valence-corrected chi connectivity index (χ3v) is 4.87. The van der Waals surface area contributed by atoms with E-state index in [0.717, 1.165) is 23.3 Å². The van der Waals surface area contributed by atoms with Gasteiger partial charge in [-0.05, 0) is 24.8 Å². The molecule has 1 aliphatic rings. The first kappa shape index (κ1) is 19.9. The number of carbonyl (C=O) groups is 3. The van der Waals surface area contributed by atoms with Gasteiger partial charge in [0.1, 0.15) is 6.10 Å². The van der Waals surface area contributed by atoms with Crippen molar-refractivity contribution in [2.45, 2.75) is 58.6 Å². The molecule has 0 saturated carbocycles. The van der Waals surface area contributed by atoms with Gasteiger partial charge in [-0.25, -0.2) is 9.69 Å². The number of benzene rings is 1. The number of ether oxygens (including phenoxy) is 1. The molecule has 2 amide bonds. The van der Waals surface area contributed by atoms with E-state index < -0.39 is 36.0 Å². The number of hydrogen-bond donors (Lipinski definition) is 1. The molecule has 142 valence electrons. The first-order valence-corrected chi connectivity index (χ1v) is 9.15. The Morgan fingerprint density at radius 3 is 2.50 bits per heavy atom. The van der Waals surface area contributed by atoms with Gasteiger partial charge in [-0.3, -0.25) is 9.59 Å². The lowest BCUT2D eigenvalue weighted by molar-refractivity contribution is -0.144. The number of rotatable bonds is 8. The SMILES string of the molecule is CCC[C@@H](C)C[C@H](CC(=O)O)C(=O)N1C(=O)O[C@H](c2ccccc2)[C@@H]1C. The highest BCUT2D eigenvalue weighted by Crippen LogP contribution is 2.34. The van der Waals surface area contributed by atoms with Crippen molar-refractivity contribution in [2.75, 3.05) is 0 Å². The van der Waals surface area contributed by atoms with Gasteiger partial charge in [-0.1, -0.05) is 57.0 Å². The van der Waals surface area contributed by atoms with Crippen molar-refractivity contribution in [2.24, 2.45) is 11.8 Å². The van der Waals surface area contributed by atoms with Crippen LogP contribution >= 0.6 is 0 Å². The molecule has 1 saturated heterocycles. The summed E-state index contributed by atoms with van der Waals surface area (Å²) in [6.07, 6.45) is 0.815. The highest BCUT2D eigenvalue weighted by Gasteiger charge is 2.45. The van der Waals surface area contributed by atoms with Gasteiger partial charge in [0.2, 0.25) is 5.91 Å². The number of carbonyl (C=O) groups excluding carboxylic acids is 2. The van der Waals surface area contributed by atoms with Crippen LogP contribution in [0.5, 0.6) is 0 Å². The van der Waals surface area contributed by atoms with E-state index in [1.54, 1.807) is 6.92 Å². The summed E-state index contributed by atoms with van der Waals surface area (Å²) in [7, 11) is 0. The molecule has 4 atom stereocenters. The van der Waals surface area contributed by atoms with Crippen molar-refractivity contribution in [1.29, 1.82) is 0 Å². The van der Waals surface area contributed by atoms with Gasteiger partial charge < -0.3 is 9.84 Å². The van der Waals surface area contributed by atoms with Crippen molar-refractivity contribution < 1.29 is 24.2 Å². The number of nitrogens with zero attached hydrogens (tertiary/aromatic N) is 1. The molecule has 26 heavy (non-hydrogen) atoms. The smallest absolute Gasteiger partial charge is 0.417 e. The lowest BCUT2D eigenvalue weighted by atomic mass is 9.89. The molecule has 0 bridgehead atoms. The van der Waals surface area contributed by atoms with E-state index in [9.17, 15) is 19.5 Å². The molecule has 0 unspecified atom stereocenters. The minimum absolute atomic E-state index is 0.215. The largest absolute Gasteiger partial charge is 0.481 e. The number of hydrogen-bond acceptors (Lipinski definition) is 4. The van der Waals surface area contributed by atoms with Gasteiger partial charge in [0.15, 0.2) is 0 Å². The summed E-state index contributed by atoms with van der Waals surface area (Å²) in [6, 6.07) is 8.78. The molecule has 0 radical (unpaired) electrons. The first-order valence-electron chi connectivity index (χ1n) is 9.15. The van der Waals surface area contributed by atoms with Crippen LogP contribution in [0.25, 0.3) is 0 Å². The summed E-state index contributed by atoms with van der Waals surface area (Å²) >= 11 is 0. The third kappa shape index (κ3) is 4.62. The molecule has 0 aliphatic carbocycles. The topological polar surface area (TPSA) is 83.9 Å². The van der Waals surface area contributed by atoms with Gasteiger partial charge >= 0.3 is 12.1 Å².